The number of benzene rings is 1. The highest BCUT2D eigenvalue weighted by Crippen LogP contribution is 2.25. The molecule has 1 saturated heterocycles. The van der Waals surface area contributed by atoms with Gasteiger partial charge in [-0.3, -0.25) is 4.90 Å². The van der Waals surface area contributed by atoms with Crippen molar-refractivity contribution in [2.75, 3.05) is 13.1 Å². The van der Waals surface area contributed by atoms with Crippen molar-refractivity contribution in [3.8, 4) is 0 Å². The molecule has 1 unspecified atom stereocenters. The number of aryl methyl sites for hydroxylation is 1. The van der Waals surface area contributed by atoms with Crippen LogP contribution in [0.25, 0.3) is 11.0 Å². The normalized spacial score (nSPS) is 19.6. The highest BCUT2D eigenvalue weighted by atomic mass is 16.4. The molecule has 0 bridgehead atoms. The fourth-order valence-corrected chi connectivity index (χ4v) is 3.47. The molecule has 0 saturated carbocycles. The van der Waals surface area contributed by atoms with Gasteiger partial charge in [0, 0.05) is 24.0 Å². The fraction of sp³-hybridized carbons (Fsp3) is 0.500. The first-order valence-corrected chi connectivity index (χ1v) is 8.15. The zero-order valence-electron chi connectivity index (χ0n) is 13.2. The van der Waals surface area contributed by atoms with Gasteiger partial charge < -0.3 is 10.2 Å². The lowest BCUT2D eigenvalue weighted by molar-refractivity contribution is 0.134. The molecular formula is C18H24N2O2. The Balaban J connectivity index is 1.93. The number of likely N-dealkylation sites (tertiary alicyclic amines) is 1. The van der Waals surface area contributed by atoms with Crippen LogP contribution in [0, 0.1) is 6.92 Å². The Morgan fingerprint density at radius 3 is 3.00 bits per heavy atom. The van der Waals surface area contributed by atoms with Gasteiger partial charge in [-0.05, 0) is 56.5 Å². The SMILES string of the molecule is Cc1ccc2c(CN3CCCCC3CCN)cc(=O)oc2c1. The number of hydrogen-bond acceptors (Lipinski definition) is 4. The number of piperidine rings is 1. The molecule has 22 heavy (non-hydrogen) atoms. The average Bonchev–Trinajstić information content (AvgIpc) is 2.49. The van der Waals surface area contributed by atoms with E-state index in [4.69, 9.17) is 10.2 Å². The molecule has 2 heterocycles. The monoisotopic (exact) mass is 300 g/mol. The molecule has 1 aliphatic rings. The number of hydrogen-bond donors (Lipinski definition) is 1. The number of fused-ring (bicyclic) bond motifs is 1. The highest BCUT2D eigenvalue weighted by molar-refractivity contribution is 5.80. The Morgan fingerprint density at radius 1 is 1.32 bits per heavy atom. The van der Waals surface area contributed by atoms with Gasteiger partial charge in [0.2, 0.25) is 0 Å². The minimum Gasteiger partial charge on any atom is -0.423 e. The van der Waals surface area contributed by atoms with Crippen LogP contribution in [0.4, 0.5) is 0 Å². The van der Waals surface area contributed by atoms with Crippen molar-refractivity contribution in [2.24, 2.45) is 5.73 Å². The Morgan fingerprint density at radius 2 is 2.18 bits per heavy atom. The summed E-state index contributed by atoms with van der Waals surface area (Å²) in [6.07, 6.45) is 4.73. The number of rotatable bonds is 4. The summed E-state index contributed by atoms with van der Waals surface area (Å²) < 4.78 is 5.35. The van der Waals surface area contributed by atoms with Crippen LogP contribution in [0.2, 0.25) is 0 Å². The highest BCUT2D eigenvalue weighted by Gasteiger charge is 2.22. The first-order valence-electron chi connectivity index (χ1n) is 8.15. The van der Waals surface area contributed by atoms with Gasteiger partial charge in [-0.2, -0.15) is 0 Å². The molecule has 3 rings (SSSR count). The second-order valence-electron chi connectivity index (χ2n) is 6.29. The van der Waals surface area contributed by atoms with Crippen LogP contribution in [0.1, 0.15) is 36.8 Å². The summed E-state index contributed by atoms with van der Waals surface area (Å²) in [5, 5.41) is 1.04. The average molecular weight is 300 g/mol. The van der Waals surface area contributed by atoms with E-state index in [0.717, 1.165) is 42.6 Å². The van der Waals surface area contributed by atoms with Crippen LogP contribution < -0.4 is 11.4 Å². The summed E-state index contributed by atoms with van der Waals surface area (Å²) in [7, 11) is 0. The molecule has 4 heteroatoms. The van der Waals surface area contributed by atoms with Crippen molar-refractivity contribution in [1.29, 1.82) is 0 Å². The summed E-state index contributed by atoms with van der Waals surface area (Å²) in [4.78, 5) is 14.3. The van der Waals surface area contributed by atoms with E-state index < -0.39 is 0 Å². The van der Waals surface area contributed by atoms with Crippen LogP contribution in [0.5, 0.6) is 0 Å². The van der Waals surface area contributed by atoms with E-state index >= 15 is 0 Å². The van der Waals surface area contributed by atoms with Gasteiger partial charge in [0.25, 0.3) is 0 Å². The molecule has 4 nitrogen and oxygen atoms in total. The van der Waals surface area contributed by atoms with E-state index in [1.807, 2.05) is 13.0 Å². The van der Waals surface area contributed by atoms with Crippen LogP contribution in [-0.2, 0) is 6.54 Å². The summed E-state index contributed by atoms with van der Waals surface area (Å²) in [5.74, 6) is 0. The van der Waals surface area contributed by atoms with Gasteiger partial charge in [-0.1, -0.05) is 18.6 Å². The van der Waals surface area contributed by atoms with Crippen LogP contribution in [0.3, 0.4) is 0 Å². The molecule has 0 aliphatic carbocycles. The van der Waals surface area contributed by atoms with Crippen molar-refractivity contribution in [1.82, 2.24) is 4.90 Å². The second kappa shape index (κ2) is 6.63. The van der Waals surface area contributed by atoms with Gasteiger partial charge in [-0.25, -0.2) is 4.79 Å². The lowest BCUT2D eigenvalue weighted by Gasteiger charge is -2.35. The lowest BCUT2D eigenvalue weighted by Crippen LogP contribution is -2.40. The Kier molecular flexibility index (Phi) is 4.60. The standard InChI is InChI=1S/C18H24N2O2/c1-13-5-6-16-14(11-18(21)22-17(16)10-13)12-20-9-3-2-4-15(20)7-8-19/h5-6,10-11,15H,2-4,7-9,12,19H2,1H3. The largest absolute Gasteiger partial charge is 0.423 e. The molecule has 0 radical (unpaired) electrons. The first-order chi connectivity index (χ1) is 10.7. The maximum atomic E-state index is 11.9. The quantitative estimate of drug-likeness (QED) is 0.882. The van der Waals surface area contributed by atoms with Crippen molar-refractivity contribution >= 4 is 11.0 Å². The van der Waals surface area contributed by atoms with Gasteiger partial charge in [0.1, 0.15) is 5.58 Å². The molecule has 118 valence electrons. The molecule has 2 aromatic rings. The van der Waals surface area contributed by atoms with Gasteiger partial charge in [-0.15, -0.1) is 0 Å². The lowest BCUT2D eigenvalue weighted by atomic mass is 9.98. The minimum atomic E-state index is -0.263. The fourth-order valence-electron chi connectivity index (χ4n) is 3.47. The maximum Gasteiger partial charge on any atom is 0.336 e. The first kappa shape index (κ1) is 15.3. The second-order valence-corrected chi connectivity index (χ2v) is 6.29. The molecule has 1 aromatic heterocycles. The van der Waals surface area contributed by atoms with Crippen LogP contribution in [0.15, 0.2) is 33.5 Å². The summed E-state index contributed by atoms with van der Waals surface area (Å²) in [6, 6.07) is 8.25. The predicted octanol–water partition coefficient (Wildman–Crippen LogP) is 2.80. The minimum absolute atomic E-state index is 0.263. The molecule has 1 fully saturated rings. The van der Waals surface area contributed by atoms with Crippen molar-refractivity contribution < 1.29 is 4.42 Å². The molecule has 1 aliphatic heterocycles. The number of nitrogens with zero attached hydrogens (tertiary/aromatic N) is 1. The molecule has 0 amide bonds. The van der Waals surface area contributed by atoms with Gasteiger partial charge in [0.05, 0.1) is 0 Å². The van der Waals surface area contributed by atoms with E-state index in [1.165, 1.54) is 19.3 Å². The third kappa shape index (κ3) is 3.23. The third-order valence-corrected chi connectivity index (χ3v) is 4.61. The maximum absolute atomic E-state index is 11.9. The van der Waals surface area contributed by atoms with Crippen LogP contribution in [-0.4, -0.2) is 24.0 Å². The molecule has 1 aromatic carbocycles. The van der Waals surface area contributed by atoms with E-state index in [9.17, 15) is 4.79 Å². The van der Waals surface area contributed by atoms with Crippen molar-refractivity contribution in [2.45, 2.75) is 45.2 Å². The topological polar surface area (TPSA) is 59.5 Å². The Bertz CT molecular complexity index is 706. The summed E-state index contributed by atoms with van der Waals surface area (Å²) in [5.41, 5.74) is 8.35. The predicted molar refractivity (Wildman–Crippen MR) is 88.9 cm³/mol. The van der Waals surface area contributed by atoms with E-state index in [-0.39, 0.29) is 5.63 Å². The van der Waals surface area contributed by atoms with E-state index in [0.29, 0.717) is 11.6 Å². The smallest absolute Gasteiger partial charge is 0.336 e. The summed E-state index contributed by atoms with van der Waals surface area (Å²) in [6.45, 7) is 4.61. The van der Waals surface area contributed by atoms with E-state index in [1.54, 1.807) is 6.07 Å². The Labute approximate surface area is 130 Å². The molecule has 1 atom stereocenters. The summed E-state index contributed by atoms with van der Waals surface area (Å²) >= 11 is 0. The van der Waals surface area contributed by atoms with Crippen LogP contribution >= 0.6 is 0 Å². The molecular weight excluding hydrogens is 276 g/mol. The number of nitrogens with two attached hydrogens (primary N) is 1. The van der Waals surface area contributed by atoms with Gasteiger partial charge >= 0.3 is 5.63 Å². The Hall–Kier alpha value is -1.65. The zero-order chi connectivity index (χ0) is 15.5. The molecule has 0 spiro atoms. The van der Waals surface area contributed by atoms with Gasteiger partial charge in [0.15, 0.2) is 0 Å². The van der Waals surface area contributed by atoms with E-state index in [2.05, 4.69) is 17.0 Å². The third-order valence-electron chi connectivity index (χ3n) is 4.61. The zero-order valence-corrected chi connectivity index (χ0v) is 13.2. The van der Waals surface area contributed by atoms with Crippen molar-refractivity contribution in [3.05, 3.63) is 45.8 Å². The van der Waals surface area contributed by atoms with Crippen molar-refractivity contribution in [3.63, 3.8) is 0 Å². The molecule has 2 N–H and O–H groups in total.